The minimum absolute atomic E-state index is 0.0300. The normalized spacial score (nSPS) is 18.9. The van der Waals surface area contributed by atoms with Gasteiger partial charge in [0.1, 0.15) is 5.69 Å². The van der Waals surface area contributed by atoms with Crippen LogP contribution in [0.4, 0.5) is 5.69 Å². The first kappa shape index (κ1) is 19.5. The summed E-state index contributed by atoms with van der Waals surface area (Å²) in [6, 6.07) is 14.4. The first-order chi connectivity index (χ1) is 15.0. The third-order valence-electron chi connectivity index (χ3n) is 6.49. The Kier molecular flexibility index (Phi) is 4.81. The van der Waals surface area contributed by atoms with Gasteiger partial charge in [-0.15, -0.1) is 0 Å². The summed E-state index contributed by atoms with van der Waals surface area (Å²) < 4.78 is 0. The van der Waals surface area contributed by atoms with Gasteiger partial charge in [0.25, 0.3) is 11.6 Å². The van der Waals surface area contributed by atoms with Crippen LogP contribution in [-0.4, -0.2) is 32.0 Å². The maximum atomic E-state index is 13.5. The van der Waals surface area contributed by atoms with Gasteiger partial charge in [0, 0.05) is 29.3 Å². The van der Waals surface area contributed by atoms with Gasteiger partial charge in [-0.2, -0.15) is 5.10 Å². The summed E-state index contributed by atoms with van der Waals surface area (Å²) in [6.45, 7) is 2.03. The van der Waals surface area contributed by atoms with E-state index >= 15 is 0 Å². The van der Waals surface area contributed by atoms with Gasteiger partial charge in [0.05, 0.1) is 16.7 Å². The molecule has 1 fully saturated rings. The van der Waals surface area contributed by atoms with Crippen LogP contribution < -0.4 is 0 Å². The first-order valence-corrected chi connectivity index (χ1v) is 10.8. The molecule has 2 aromatic carbocycles. The molecule has 1 N–H and O–H groups in total. The lowest BCUT2D eigenvalue weighted by Crippen LogP contribution is -2.40. The van der Waals surface area contributed by atoms with E-state index in [2.05, 4.69) is 10.2 Å². The van der Waals surface area contributed by atoms with Crippen LogP contribution in [0.15, 0.2) is 48.5 Å². The van der Waals surface area contributed by atoms with E-state index in [4.69, 9.17) is 0 Å². The van der Waals surface area contributed by atoms with Gasteiger partial charge >= 0.3 is 0 Å². The number of nitrogens with one attached hydrogen (secondary N) is 1. The van der Waals surface area contributed by atoms with Crippen molar-refractivity contribution in [2.75, 3.05) is 0 Å². The summed E-state index contributed by atoms with van der Waals surface area (Å²) in [7, 11) is 0. The molecular weight excluding hydrogens is 392 g/mol. The molecule has 1 saturated carbocycles. The molecule has 31 heavy (non-hydrogen) atoms. The topological polar surface area (TPSA) is 92.1 Å². The predicted octanol–water partition coefficient (Wildman–Crippen LogP) is 5.17. The molecule has 2 aliphatic rings. The molecular formula is C24H24N4O3. The summed E-state index contributed by atoms with van der Waals surface area (Å²) >= 11 is 0. The number of rotatable bonds is 4. The van der Waals surface area contributed by atoms with Crippen LogP contribution in [0.3, 0.4) is 0 Å². The monoisotopic (exact) mass is 416 g/mol. The number of amides is 1. The SMILES string of the molecule is Cc1ccc(-c2n[nH]c3c2C(c2cccc([N+](=O)[O-])c2)N(C2CCCCC2)C3=O)cc1. The number of carbonyl (C=O) groups is 1. The van der Waals surface area contributed by atoms with Crippen molar-refractivity contribution in [1.29, 1.82) is 0 Å². The second kappa shape index (κ2) is 7.65. The van der Waals surface area contributed by atoms with E-state index < -0.39 is 0 Å². The first-order valence-electron chi connectivity index (χ1n) is 10.8. The van der Waals surface area contributed by atoms with Crippen LogP contribution in [0.1, 0.15) is 65.3 Å². The number of aryl methyl sites for hydroxylation is 1. The van der Waals surface area contributed by atoms with Gasteiger partial charge in [0.2, 0.25) is 0 Å². The van der Waals surface area contributed by atoms with Crippen molar-refractivity contribution in [3.05, 3.63) is 81.0 Å². The number of H-pyrrole nitrogens is 1. The van der Waals surface area contributed by atoms with Crippen molar-refractivity contribution in [1.82, 2.24) is 15.1 Å². The molecule has 1 amide bonds. The summed E-state index contributed by atoms with van der Waals surface area (Å²) in [5.74, 6) is -0.0655. The average Bonchev–Trinajstić information content (AvgIpc) is 3.34. The Labute approximate surface area is 180 Å². The van der Waals surface area contributed by atoms with Crippen molar-refractivity contribution in [3.8, 4) is 11.3 Å². The molecule has 1 aliphatic carbocycles. The van der Waals surface area contributed by atoms with Crippen LogP contribution in [-0.2, 0) is 0 Å². The molecule has 0 radical (unpaired) electrons. The third-order valence-corrected chi connectivity index (χ3v) is 6.49. The minimum Gasteiger partial charge on any atom is -0.323 e. The predicted molar refractivity (Wildman–Crippen MR) is 117 cm³/mol. The van der Waals surface area contributed by atoms with E-state index in [9.17, 15) is 14.9 Å². The number of hydrogen-bond acceptors (Lipinski definition) is 4. The fraction of sp³-hybridized carbons (Fsp3) is 0.333. The lowest BCUT2D eigenvalue weighted by atomic mass is 9.90. The lowest BCUT2D eigenvalue weighted by molar-refractivity contribution is -0.384. The molecule has 0 saturated heterocycles. The lowest BCUT2D eigenvalue weighted by Gasteiger charge is -2.36. The number of aromatic amines is 1. The second-order valence-corrected chi connectivity index (χ2v) is 8.49. The molecule has 1 unspecified atom stereocenters. The van der Waals surface area contributed by atoms with Gasteiger partial charge in [-0.3, -0.25) is 20.0 Å². The van der Waals surface area contributed by atoms with Gasteiger partial charge in [0.15, 0.2) is 0 Å². The summed E-state index contributed by atoms with van der Waals surface area (Å²) in [5.41, 5.74) is 4.91. The maximum absolute atomic E-state index is 13.5. The molecule has 7 nitrogen and oxygen atoms in total. The van der Waals surface area contributed by atoms with Crippen LogP contribution >= 0.6 is 0 Å². The Bertz CT molecular complexity index is 1150. The molecule has 3 aromatic rings. The average molecular weight is 416 g/mol. The number of nitro benzene ring substituents is 1. The van der Waals surface area contributed by atoms with Crippen LogP contribution in [0, 0.1) is 17.0 Å². The molecule has 0 bridgehead atoms. The number of benzene rings is 2. The highest BCUT2D eigenvalue weighted by atomic mass is 16.6. The molecule has 5 rings (SSSR count). The zero-order valence-electron chi connectivity index (χ0n) is 17.4. The van der Waals surface area contributed by atoms with Crippen molar-refractivity contribution in [2.24, 2.45) is 0 Å². The number of hydrogen-bond donors (Lipinski definition) is 1. The molecule has 1 aromatic heterocycles. The van der Waals surface area contributed by atoms with Crippen LogP contribution in [0.25, 0.3) is 11.3 Å². The minimum atomic E-state index is -0.388. The van der Waals surface area contributed by atoms with Crippen molar-refractivity contribution >= 4 is 11.6 Å². The molecule has 1 atom stereocenters. The fourth-order valence-corrected chi connectivity index (χ4v) is 4.97. The summed E-state index contributed by atoms with van der Waals surface area (Å²) in [4.78, 5) is 26.5. The Morgan fingerprint density at radius 3 is 2.55 bits per heavy atom. The third kappa shape index (κ3) is 3.30. The smallest absolute Gasteiger partial charge is 0.273 e. The Morgan fingerprint density at radius 1 is 1.10 bits per heavy atom. The quantitative estimate of drug-likeness (QED) is 0.469. The largest absolute Gasteiger partial charge is 0.323 e. The number of carbonyl (C=O) groups excluding carboxylic acids is 1. The van der Waals surface area contributed by atoms with Crippen LogP contribution in [0.2, 0.25) is 0 Å². The Balaban J connectivity index is 1.67. The number of fused-ring (bicyclic) bond motifs is 1. The molecule has 1 aliphatic heterocycles. The molecule has 0 spiro atoms. The van der Waals surface area contributed by atoms with E-state index in [0.29, 0.717) is 5.69 Å². The van der Waals surface area contributed by atoms with E-state index in [1.165, 1.54) is 12.5 Å². The van der Waals surface area contributed by atoms with E-state index in [-0.39, 0.29) is 28.6 Å². The van der Waals surface area contributed by atoms with E-state index in [0.717, 1.165) is 53.6 Å². The number of non-ortho nitro benzene ring substituents is 1. The van der Waals surface area contributed by atoms with Gasteiger partial charge in [-0.05, 0) is 25.3 Å². The standard InChI is InChI=1S/C24H24N4O3/c1-15-10-12-16(13-11-15)21-20-22(26-25-21)24(29)27(18-7-3-2-4-8-18)23(20)17-6-5-9-19(14-17)28(30)31/h5-6,9-14,18,23H,2-4,7-8H2,1H3,(H,25,26). The van der Waals surface area contributed by atoms with Crippen molar-refractivity contribution in [2.45, 2.75) is 51.1 Å². The number of aromatic nitrogens is 2. The van der Waals surface area contributed by atoms with Gasteiger partial charge in [-0.1, -0.05) is 61.2 Å². The van der Waals surface area contributed by atoms with Gasteiger partial charge < -0.3 is 4.90 Å². The zero-order chi connectivity index (χ0) is 21.5. The Morgan fingerprint density at radius 2 is 1.84 bits per heavy atom. The molecule has 7 heteroatoms. The maximum Gasteiger partial charge on any atom is 0.273 e. The van der Waals surface area contributed by atoms with Crippen LogP contribution in [0.5, 0.6) is 0 Å². The van der Waals surface area contributed by atoms with Crippen molar-refractivity contribution in [3.63, 3.8) is 0 Å². The highest BCUT2D eigenvalue weighted by Gasteiger charge is 2.45. The van der Waals surface area contributed by atoms with E-state index in [1.807, 2.05) is 42.2 Å². The molecule has 158 valence electrons. The summed E-state index contributed by atoms with van der Waals surface area (Å²) in [5, 5.41) is 18.9. The zero-order valence-corrected chi connectivity index (χ0v) is 17.4. The fourth-order valence-electron chi connectivity index (χ4n) is 4.97. The second-order valence-electron chi connectivity index (χ2n) is 8.49. The van der Waals surface area contributed by atoms with Crippen molar-refractivity contribution < 1.29 is 9.72 Å². The molecule has 2 heterocycles. The highest BCUT2D eigenvalue weighted by molar-refractivity contribution is 6.00. The van der Waals surface area contributed by atoms with E-state index in [1.54, 1.807) is 12.1 Å². The Hall–Kier alpha value is -3.48. The highest BCUT2D eigenvalue weighted by Crippen LogP contribution is 2.46. The number of nitro groups is 1. The summed E-state index contributed by atoms with van der Waals surface area (Å²) in [6.07, 6.45) is 5.27. The van der Waals surface area contributed by atoms with Gasteiger partial charge in [-0.25, -0.2) is 0 Å². The number of nitrogens with zero attached hydrogens (tertiary/aromatic N) is 3.